The van der Waals surface area contributed by atoms with Crippen molar-refractivity contribution < 1.29 is 59.2 Å². The second-order valence-corrected chi connectivity index (χ2v) is 8.60. The van der Waals surface area contributed by atoms with Crippen LogP contribution in [0.4, 0.5) is 23.2 Å². The van der Waals surface area contributed by atoms with Crippen LogP contribution in [0.2, 0.25) is 0 Å². The summed E-state index contributed by atoms with van der Waals surface area (Å²) in [6, 6.07) is -0.313. The molecule has 218 valence electrons. The largest absolute Gasteiger partial charge is 0.573 e. The molecule has 0 saturated carbocycles. The Hall–Kier alpha value is -3.82. The molecule has 0 saturated heterocycles. The summed E-state index contributed by atoms with van der Waals surface area (Å²) in [7, 11) is -4.63. The highest BCUT2D eigenvalue weighted by molar-refractivity contribution is 7.92. The van der Waals surface area contributed by atoms with E-state index in [1.165, 1.54) is 6.92 Å². The van der Waals surface area contributed by atoms with Gasteiger partial charge in [-0.05, 0) is 18.1 Å². The van der Waals surface area contributed by atoms with E-state index >= 15 is 0 Å². The minimum Gasteiger partial charge on any atom is -0.477 e. The Kier molecular flexibility index (Phi) is 14.6. The third kappa shape index (κ3) is 10.8. The summed E-state index contributed by atoms with van der Waals surface area (Å²) < 4.78 is 93.5. The number of hydrogen-bond acceptors (Lipinski definition) is 10. The van der Waals surface area contributed by atoms with Crippen LogP contribution in [0.5, 0.6) is 11.5 Å². The van der Waals surface area contributed by atoms with Crippen LogP contribution in [-0.4, -0.2) is 50.9 Å². The molecule has 16 heteroatoms. The highest BCUT2D eigenvalue weighted by atomic mass is 32.2. The average Bonchev–Trinajstić information content (AvgIpc) is 3.41. The van der Waals surface area contributed by atoms with E-state index in [9.17, 15) is 40.4 Å². The molecule has 0 unspecified atom stereocenters. The second kappa shape index (κ2) is 16.2. The first-order valence-corrected chi connectivity index (χ1v) is 12.8. The van der Waals surface area contributed by atoms with Gasteiger partial charge in [-0.15, -0.1) is 13.2 Å². The van der Waals surface area contributed by atoms with E-state index in [1.807, 2.05) is 25.4 Å². The standard InChI is InChI=1S/C20H20F4N2O8S.C2H6.CH2O/c1-3-5-14(28)17-11(8-12(27)4-2)9-13(26-35(30,31)16-6-7-25-34-16)18(32-10-15(21)29)19(17)33-20(22,23)24;2*1-2/h6-7,9,26H,3-5,8,10H2,1-2H3;1-2H3;1H2. The van der Waals surface area contributed by atoms with E-state index in [0.29, 0.717) is 0 Å². The Morgan fingerprint density at radius 2 is 1.74 bits per heavy atom. The maximum Gasteiger partial charge on any atom is 0.573 e. The van der Waals surface area contributed by atoms with Crippen LogP contribution in [0.15, 0.2) is 27.9 Å². The van der Waals surface area contributed by atoms with E-state index in [0.717, 1.165) is 18.3 Å². The number of nitrogens with zero attached hydrogens (tertiary/aromatic N) is 1. The highest BCUT2D eigenvalue weighted by Crippen LogP contribution is 2.45. The summed E-state index contributed by atoms with van der Waals surface area (Å²) in [5.41, 5.74) is -1.78. The number of hydrogen-bond donors (Lipinski definition) is 1. The molecule has 11 nitrogen and oxygen atoms in total. The van der Waals surface area contributed by atoms with Gasteiger partial charge in [0.15, 0.2) is 23.9 Å². The minimum atomic E-state index is -5.42. The summed E-state index contributed by atoms with van der Waals surface area (Å²) in [4.78, 5) is 43.8. The van der Waals surface area contributed by atoms with Gasteiger partial charge in [-0.3, -0.25) is 19.1 Å². The fourth-order valence-corrected chi connectivity index (χ4v) is 3.85. The van der Waals surface area contributed by atoms with Crippen molar-refractivity contribution in [3.05, 3.63) is 29.5 Å². The summed E-state index contributed by atoms with van der Waals surface area (Å²) >= 11 is 0. The minimum absolute atomic E-state index is 0.0510. The number of aromatic nitrogens is 1. The molecule has 0 aliphatic carbocycles. The second-order valence-electron chi connectivity index (χ2n) is 6.99. The lowest BCUT2D eigenvalue weighted by atomic mass is 9.94. The molecule has 1 aromatic heterocycles. The number of Topliss-reactive ketones (excluding diaryl/α,β-unsaturated/α-hetero) is 2. The highest BCUT2D eigenvalue weighted by Gasteiger charge is 2.38. The fourth-order valence-electron chi connectivity index (χ4n) is 2.93. The van der Waals surface area contributed by atoms with Gasteiger partial charge in [-0.1, -0.05) is 32.9 Å². The van der Waals surface area contributed by atoms with Gasteiger partial charge in [0, 0.05) is 25.3 Å². The number of anilines is 1. The zero-order chi connectivity index (χ0) is 30.4. The van der Waals surface area contributed by atoms with Crippen LogP contribution in [0.1, 0.15) is 62.9 Å². The van der Waals surface area contributed by atoms with Gasteiger partial charge < -0.3 is 18.8 Å². The summed E-state index contributed by atoms with van der Waals surface area (Å²) in [5, 5.41) is 2.47. The number of ether oxygens (including phenoxy) is 2. The number of rotatable bonds is 13. The Balaban J connectivity index is 0.00000344. The van der Waals surface area contributed by atoms with Gasteiger partial charge in [0.25, 0.3) is 15.1 Å². The molecule has 0 aliphatic heterocycles. The van der Waals surface area contributed by atoms with E-state index in [1.54, 1.807) is 6.92 Å². The van der Waals surface area contributed by atoms with Crippen molar-refractivity contribution in [1.82, 2.24) is 5.16 Å². The Labute approximate surface area is 221 Å². The van der Waals surface area contributed by atoms with Crippen molar-refractivity contribution in [2.75, 3.05) is 11.3 Å². The molecule has 2 rings (SSSR count). The van der Waals surface area contributed by atoms with Crippen molar-refractivity contribution in [2.24, 2.45) is 0 Å². The molecule has 1 aromatic carbocycles. The van der Waals surface area contributed by atoms with Gasteiger partial charge in [-0.25, -0.2) is 0 Å². The lowest BCUT2D eigenvalue weighted by Gasteiger charge is -2.22. The van der Waals surface area contributed by atoms with E-state index < -0.39 is 74.9 Å². The number of carbonyl (C=O) groups excluding carboxylic acids is 4. The lowest BCUT2D eigenvalue weighted by molar-refractivity contribution is -0.275. The molecule has 1 heterocycles. The zero-order valence-corrected chi connectivity index (χ0v) is 22.3. The van der Waals surface area contributed by atoms with Gasteiger partial charge in [0.2, 0.25) is 0 Å². The Morgan fingerprint density at radius 1 is 1.13 bits per heavy atom. The average molecular weight is 585 g/mol. The topological polar surface area (TPSA) is 159 Å². The maximum atomic E-state index is 13.3. The normalized spacial score (nSPS) is 10.8. The molecule has 2 aromatic rings. The molecular weight excluding hydrogens is 556 g/mol. The number of benzene rings is 1. The molecule has 0 amide bonds. The van der Waals surface area contributed by atoms with Gasteiger partial charge >= 0.3 is 12.4 Å². The van der Waals surface area contributed by atoms with Crippen LogP contribution in [0.25, 0.3) is 0 Å². The Morgan fingerprint density at radius 3 is 2.21 bits per heavy atom. The number of alkyl halides is 3. The quantitative estimate of drug-likeness (QED) is 0.200. The first kappa shape index (κ1) is 35.2. The maximum absolute atomic E-state index is 13.3. The molecule has 1 N–H and O–H groups in total. The molecule has 0 bridgehead atoms. The van der Waals surface area contributed by atoms with Crippen molar-refractivity contribution in [3.63, 3.8) is 0 Å². The van der Waals surface area contributed by atoms with Crippen molar-refractivity contribution in [3.8, 4) is 11.5 Å². The molecule has 39 heavy (non-hydrogen) atoms. The Bertz CT molecular complexity index is 1220. The first-order valence-electron chi connectivity index (χ1n) is 11.3. The van der Waals surface area contributed by atoms with E-state index in [-0.39, 0.29) is 24.8 Å². The smallest absolute Gasteiger partial charge is 0.477 e. The molecule has 0 spiro atoms. The number of carbonyl (C=O) groups is 4. The summed E-state index contributed by atoms with van der Waals surface area (Å²) in [5.74, 6) is -3.80. The first-order chi connectivity index (χ1) is 18.3. The zero-order valence-electron chi connectivity index (χ0n) is 21.5. The van der Waals surface area contributed by atoms with E-state index in [4.69, 9.17) is 9.53 Å². The van der Waals surface area contributed by atoms with Crippen molar-refractivity contribution in [2.45, 2.75) is 64.8 Å². The SMILES string of the molecule is C=O.CC.CCCC(=O)c1c(CC(=O)CC)cc(NS(=O)(=O)c2ccno2)c(OCC(=O)F)c1OC(F)(F)F. The van der Waals surface area contributed by atoms with Crippen LogP contribution < -0.4 is 14.2 Å². The van der Waals surface area contributed by atoms with Crippen molar-refractivity contribution in [1.29, 1.82) is 0 Å². The third-order valence-corrected chi connectivity index (χ3v) is 5.56. The van der Waals surface area contributed by atoms with E-state index in [2.05, 4.69) is 14.4 Å². The fraction of sp³-hybridized carbons (Fsp3) is 0.435. The van der Waals surface area contributed by atoms with Gasteiger partial charge in [-0.2, -0.15) is 12.8 Å². The predicted octanol–water partition coefficient (Wildman–Crippen LogP) is 4.59. The molecule has 0 atom stereocenters. The van der Waals surface area contributed by atoms with Crippen LogP contribution in [0.3, 0.4) is 0 Å². The summed E-state index contributed by atoms with van der Waals surface area (Å²) in [6.07, 6.45) is -5.13. The summed E-state index contributed by atoms with van der Waals surface area (Å²) in [6.45, 7) is 7.61. The number of ketones is 2. The lowest BCUT2D eigenvalue weighted by Crippen LogP contribution is -2.23. The van der Waals surface area contributed by atoms with Crippen LogP contribution in [-0.2, 0) is 30.8 Å². The van der Waals surface area contributed by atoms with Crippen LogP contribution in [0, 0.1) is 0 Å². The number of halogens is 4. The van der Waals surface area contributed by atoms with Gasteiger partial charge in [0.05, 0.1) is 17.4 Å². The number of sulfonamides is 1. The predicted molar refractivity (Wildman–Crippen MR) is 129 cm³/mol. The third-order valence-electron chi connectivity index (χ3n) is 4.33. The molecular formula is C23H28F4N2O9S. The molecule has 0 fully saturated rings. The van der Waals surface area contributed by atoms with Gasteiger partial charge in [0.1, 0.15) is 12.6 Å². The molecule has 0 aliphatic rings. The van der Waals surface area contributed by atoms with Crippen LogP contribution >= 0.6 is 0 Å². The monoisotopic (exact) mass is 584 g/mol. The molecule has 0 radical (unpaired) electrons. The number of nitrogens with one attached hydrogen (secondary N) is 1. The van der Waals surface area contributed by atoms with Crippen molar-refractivity contribution >= 4 is 40.1 Å².